The van der Waals surface area contributed by atoms with Gasteiger partial charge in [0.1, 0.15) is 0 Å². The minimum Gasteiger partial charge on any atom is -0.352 e. The second kappa shape index (κ2) is 6.19. The van der Waals surface area contributed by atoms with E-state index in [2.05, 4.69) is 0 Å². The zero-order chi connectivity index (χ0) is 17.3. The molecule has 0 radical (unpaired) electrons. The first-order valence-electron chi connectivity index (χ1n) is 6.32. The Bertz CT molecular complexity index is 762. The molecule has 124 valence electrons. The summed E-state index contributed by atoms with van der Waals surface area (Å²) >= 11 is 0. The fraction of sp³-hybridized carbons (Fsp3) is 0.0769. The normalized spacial score (nSPS) is 12.9. The Hall–Kier alpha value is -1.50. The van der Waals surface area contributed by atoms with Crippen molar-refractivity contribution in [3.05, 3.63) is 54.6 Å². The Labute approximate surface area is 131 Å². The summed E-state index contributed by atoms with van der Waals surface area (Å²) in [4.78, 5) is 36.5. The highest BCUT2D eigenvalue weighted by atomic mass is 31.2. The number of nitrogens with one attached hydrogen (secondary N) is 1. The summed E-state index contributed by atoms with van der Waals surface area (Å²) in [5.41, 5.74) is 1.36. The molecule has 0 atom stereocenters. The monoisotopic (exact) mass is 359 g/mol. The number of hydrogen-bond acceptors (Lipinski definition) is 4. The maximum Gasteiger partial charge on any atom is 0.390 e. The quantitative estimate of drug-likeness (QED) is 0.349. The molecule has 0 bridgehead atoms. The molecule has 8 nitrogen and oxygen atoms in total. The molecular weight excluding hydrogens is 344 g/mol. The lowest BCUT2D eigenvalue weighted by Gasteiger charge is -2.30. The van der Waals surface area contributed by atoms with E-state index in [-0.39, 0.29) is 5.69 Å². The van der Waals surface area contributed by atoms with E-state index in [9.17, 15) is 14.2 Å². The molecule has 0 aliphatic rings. The van der Waals surface area contributed by atoms with Gasteiger partial charge < -0.3 is 30.0 Å². The van der Waals surface area contributed by atoms with Gasteiger partial charge in [-0.25, -0.2) is 0 Å². The SMILES string of the molecule is O=P(O)(O)C(O)(Nc1cccc(-c2ccccc2)c1)P(=O)(O)O. The number of hydrogen-bond donors (Lipinski definition) is 6. The van der Waals surface area contributed by atoms with Gasteiger partial charge in [-0.2, -0.15) is 0 Å². The molecule has 2 rings (SSSR count). The van der Waals surface area contributed by atoms with Gasteiger partial charge in [-0.3, -0.25) is 9.13 Å². The summed E-state index contributed by atoms with van der Waals surface area (Å²) in [6, 6.07) is 14.9. The lowest BCUT2D eigenvalue weighted by atomic mass is 10.1. The first-order valence-corrected chi connectivity index (χ1v) is 9.54. The van der Waals surface area contributed by atoms with Crippen LogP contribution in [0.2, 0.25) is 0 Å². The first-order chi connectivity index (χ1) is 10.5. The highest BCUT2D eigenvalue weighted by Gasteiger charge is 2.60. The average molecular weight is 359 g/mol. The van der Waals surface area contributed by atoms with E-state index in [1.54, 1.807) is 30.3 Å². The molecule has 0 saturated heterocycles. The van der Waals surface area contributed by atoms with E-state index in [0.717, 1.165) is 5.56 Å². The molecule has 0 spiro atoms. The molecule has 23 heavy (non-hydrogen) atoms. The third kappa shape index (κ3) is 3.71. The zero-order valence-electron chi connectivity index (χ0n) is 11.6. The van der Waals surface area contributed by atoms with Crippen LogP contribution in [0.25, 0.3) is 11.1 Å². The summed E-state index contributed by atoms with van der Waals surface area (Å²) in [6.45, 7) is 0. The van der Waals surface area contributed by atoms with Crippen LogP contribution in [-0.4, -0.2) is 29.9 Å². The summed E-state index contributed by atoms with van der Waals surface area (Å²) < 4.78 is 22.7. The number of benzene rings is 2. The number of anilines is 1. The Balaban J connectivity index is 2.44. The maximum atomic E-state index is 11.3. The van der Waals surface area contributed by atoms with Crippen molar-refractivity contribution in [2.75, 3.05) is 5.32 Å². The molecule has 0 aliphatic heterocycles. The molecule has 0 amide bonds. The smallest absolute Gasteiger partial charge is 0.352 e. The Kier molecular flexibility index (Phi) is 4.80. The summed E-state index contributed by atoms with van der Waals surface area (Å²) in [5.74, 6) is 0. The van der Waals surface area contributed by atoms with Gasteiger partial charge in [0.05, 0.1) is 0 Å². The number of rotatable bonds is 5. The van der Waals surface area contributed by atoms with Crippen molar-refractivity contribution in [1.29, 1.82) is 0 Å². The molecule has 6 N–H and O–H groups in total. The molecule has 0 unspecified atom stereocenters. The minimum atomic E-state index is -5.58. The van der Waals surface area contributed by atoms with Gasteiger partial charge in [0.15, 0.2) is 0 Å². The van der Waals surface area contributed by atoms with Gasteiger partial charge in [0.2, 0.25) is 0 Å². The predicted octanol–water partition coefficient (Wildman–Crippen LogP) is 1.72. The molecule has 0 aliphatic carbocycles. The average Bonchev–Trinajstić information content (AvgIpc) is 2.46. The Morgan fingerprint density at radius 2 is 1.30 bits per heavy atom. The third-order valence-corrected chi connectivity index (χ3v) is 6.51. The summed E-state index contributed by atoms with van der Waals surface area (Å²) in [5, 5.41) is 8.04. The van der Waals surface area contributed by atoms with E-state index in [4.69, 9.17) is 19.6 Å². The fourth-order valence-electron chi connectivity index (χ4n) is 1.92. The fourth-order valence-corrected chi connectivity index (χ4v) is 3.82. The van der Waals surface area contributed by atoms with Crippen LogP contribution in [-0.2, 0) is 9.13 Å². The molecule has 0 fully saturated rings. The van der Waals surface area contributed by atoms with E-state index in [0.29, 0.717) is 5.56 Å². The third-order valence-electron chi connectivity index (χ3n) is 3.09. The lowest BCUT2D eigenvalue weighted by Crippen LogP contribution is -2.37. The Morgan fingerprint density at radius 3 is 1.83 bits per heavy atom. The molecule has 0 heterocycles. The van der Waals surface area contributed by atoms with Crippen LogP contribution in [0.15, 0.2) is 54.6 Å². The van der Waals surface area contributed by atoms with Gasteiger partial charge in [-0.15, -0.1) is 0 Å². The lowest BCUT2D eigenvalue weighted by molar-refractivity contribution is 0.153. The molecule has 2 aromatic carbocycles. The molecule has 0 aromatic heterocycles. The predicted molar refractivity (Wildman–Crippen MR) is 84.5 cm³/mol. The van der Waals surface area contributed by atoms with E-state index in [1.165, 1.54) is 18.2 Å². The zero-order valence-corrected chi connectivity index (χ0v) is 13.4. The number of aliphatic hydroxyl groups is 1. The van der Waals surface area contributed by atoms with Crippen LogP contribution < -0.4 is 5.32 Å². The van der Waals surface area contributed by atoms with Gasteiger partial charge in [-0.1, -0.05) is 42.5 Å². The van der Waals surface area contributed by atoms with Crippen molar-refractivity contribution < 1.29 is 33.8 Å². The van der Waals surface area contributed by atoms with Crippen molar-refractivity contribution in [3.63, 3.8) is 0 Å². The van der Waals surface area contributed by atoms with Crippen LogP contribution in [0.4, 0.5) is 5.69 Å². The Morgan fingerprint density at radius 1 is 0.783 bits per heavy atom. The van der Waals surface area contributed by atoms with Crippen molar-refractivity contribution in [2.45, 2.75) is 5.21 Å². The standard InChI is InChI=1S/C13H15NO7P2/c15-13(22(16,17)18,23(19,20)21)14-12-8-4-7-11(9-12)10-5-2-1-3-6-10/h1-9,14-15H,(H2,16,17,18)(H2,19,20,21). The maximum absolute atomic E-state index is 11.3. The van der Waals surface area contributed by atoms with Crippen LogP contribution in [0, 0.1) is 0 Å². The van der Waals surface area contributed by atoms with Crippen molar-refractivity contribution in [1.82, 2.24) is 0 Å². The highest BCUT2D eigenvalue weighted by Crippen LogP contribution is 2.67. The molecular formula is C13H15NO7P2. The van der Waals surface area contributed by atoms with E-state index in [1.807, 2.05) is 11.4 Å². The van der Waals surface area contributed by atoms with Crippen molar-refractivity contribution in [2.24, 2.45) is 0 Å². The second-order valence-electron chi connectivity index (χ2n) is 4.80. The van der Waals surface area contributed by atoms with Crippen LogP contribution >= 0.6 is 15.2 Å². The van der Waals surface area contributed by atoms with Gasteiger partial charge in [0, 0.05) is 5.69 Å². The molecule has 2 aromatic rings. The largest absolute Gasteiger partial charge is 0.390 e. The van der Waals surface area contributed by atoms with E-state index < -0.39 is 20.4 Å². The van der Waals surface area contributed by atoms with Gasteiger partial charge in [0.25, 0.3) is 0 Å². The second-order valence-corrected chi connectivity index (χ2v) is 8.62. The highest BCUT2D eigenvalue weighted by molar-refractivity contribution is 7.72. The summed E-state index contributed by atoms with van der Waals surface area (Å²) in [7, 11) is -11.2. The molecule has 10 heteroatoms. The molecule has 0 saturated carbocycles. The topological polar surface area (TPSA) is 147 Å². The van der Waals surface area contributed by atoms with E-state index >= 15 is 0 Å². The summed E-state index contributed by atoms with van der Waals surface area (Å²) in [6.07, 6.45) is 0. The minimum absolute atomic E-state index is 0.0551. The van der Waals surface area contributed by atoms with Crippen LogP contribution in [0.5, 0.6) is 0 Å². The van der Waals surface area contributed by atoms with Gasteiger partial charge >= 0.3 is 20.4 Å². The van der Waals surface area contributed by atoms with Crippen molar-refractivity contribution >= 4 is 20.9 Å². The first kappa shape index (κ1) is 17.8. The van der Waals surface area contributed by atoms with Crippen LogP contribution in [0.3, 0.4) is 0 Å². The van der Waals surface area contributed by atoms with Gasteiger partial charge in [-0.05, 0) is 23.3 Å². The van der Waals surface area contributed by atoms with Crippen LogP contribution in [0.1, 0.15) is 0 Å². The van der Waals surface area contributed by atoms with Crippen molar-refractivity contribution in [3.8, 4) is 11.1 Å².